The molecule has 1 aromatic carbocycles. The van der Waals surface area contributed by atoms with Gasteiger partial charge in [0, 0.05) is 0 Å². The lowest BCUT2D eigenvalue weighted by Crippen LogP contribution is -2.22. The van der Waals surface area contributed by atoms with E-state index in [9.17, 15) is 9.59 Å². The number of carbonyl (C=O) groups is 2. The van der Waals surface area contributed by atoms with Gasteiger partial charge < -0.3 is 13.7 Å². The predicted molar refractivity (Wildman–Crippen MR) is 92.9 cm³/mol. The number of carbonyl (C=O) groups excluding carboxylic acids is 2. The molecular formula is C16H13BrN2O4S. The Morgan fingerprint density at radius 2 is 2.12 bits per heavy atom. The molecule has 124 valence electrons. The molecule has 1 amide bonds. The zero-order chi connectivity index (χ0) is 17.3. The van der Waals surface area contributed by atoms with Gasteiger partial charge in [-0.2, -0.15) is 4.99 Å². The first-order chi connectivity index (χ1) is 11.5. The highest BCUT2D eigenvalue weighted by Crippen LogP contribution is 2.20. The molecule has 6 nitrogen and oxygen atoms in total. The molecule has 2 aromatic heterocycles. The van der Waals surface area contributed by atoms with Crippen LogP contribution in [-0.2, 0) is 16.1 Å². The Bertz CT molecular complexity index is 999. The summed E-state index contributed by atoms with van der Waals surface area (Å²) in [5, 5.41) is 0. The van der Waals surface area contributed by atoms with Crippen LogP contribution in [0, 0.1) is 6.92 Å². The van der Waals surface area contributed by atoms with Gasteiger partial charge in [0.15, 0.2) is 15.2 Å². The molecule has 3 aromatic rings. The SMILES string of the molecule is COC(=O)Cn1c(=NC(=O)c2ccc(Br)o2)sc2cc(C)ccc21. The van der Waals surface area contributed by atoms with Crippen molar-refractivity contribution < 1.29 is 18.7 Å². The van der Waals surface area contributed by atoms with Crippen LogP contribution in [-0.4, -0.2) is 23.6 Å². The van der Waals surface area contributed by atoms with Gasteiger partial charge >= 0.3 is 11.9 Å². The molecule has 0 radical (unpaired) electrons. The Balaban J connectivity index is 2.14. The van der Waals surface area contributed by atoms with Gasteiger partial charge in [0.25, 0.3) is 0 Å². The van der Waals surface area contributed by atoms with E-state index in [2.05, 4.69) is 20.9 Å². The summed E-state index contributed by atoms with van der Waals surface area (Å²) >= 11 is 4.49. The summed E-state index contributed by atoms with van der Waals surface area (Å²) in [6, 6.07) is 8.99. The molecule has 0 aliphatic heterocycles. The van der Waals surface area contributed by atoms with E-state index in [0.29, 0.717) is 9.47 Å². The summed E-state index contributed by atoms with van der Waals surface area (Å²) in [5.41, 5.74) is 1.91. The number of ether oxygens (including phenoxy) is 1. The predicted octanol–water partition coefficient (Wildman–Crippen LogP) is 3.28. The van der Waals surface area contributed by atoms with Crippen molar-refractivity contribution in [2.24, 2.45) is 4.99 Å². The number of furan rings is 1. The minimum atomic E-state index is -0.511. The number of aryl methyl sites for hydroxylation is 1. The van der Waals surface area contributed by atoms with E-state index < -0.39 is 11.9 Å². The smallest absolute Gasteiger partial charge is 0.325 e. The van der Waals surface area contributed by atoms with E-state index >= 15 is 0 Å². The average Bonchev–Trinajstić information content (AvgIpc) is 3.11. The van der Waals surface area contributed by atoms with E-state index in [1.54, 1.807) is 10.6 Å². The summed E-state index contributed by atoms with van der Waals surface area (Å²) in [6.07, 6.45) is 0. The van der Waals surface area contributed by atoms with Crippen molar-refractivity contribution in [2.75, 3.05) is 7.11 Å². The van der Waals surface area contributed by atoms with Crippen LogP contribution in [0.3, 0.4) is 0 Å². The number of esters is 1. The zero-order valence-electron chi connectivity index (χ0n) is 12.9. The fourth-order valence-electron chi connectivity index (χ4n) is 2.18. The number of benzene rings is 1. The fourth-order valence-corrected chi connectivity index (χ4v) is 3.62. The lowest BCUT2D eigenvalue weighted by atomic mass is 10.2. The normalized spacial score (nSPS) is 11.9. The van der Waals surface area contributed by atoms with Crippen LogP contribution >= 0.6 is 27.3 Å². The summed E-state index contributed by atoms with van der Waals surface area (Å²) in [7, 11) is 1.32. The van der Waals surface area contributed by atoms with Gasteiger partial charge in [-0.05, 0) is 52.7 Å². The summed E-state index contributed by atoms with van der Waals surface area (Å²) in [6.45, 7) is 1.96. The minimum Gasteiger partial charge on any atom is -0.468 e. The van der Waals surface area contributed by atoms with Crippen molar-refractivity contribution in [3.05, 3.63) is 51.1 Å². The Morgan fingerprint density at radius 1 is 1.33 bits per heavy atom. The van der Waals surface area contributed by atoms with E-state index in [-0.39, 0.29) is 12.3 Å². The van der Waals surface area contributed by atoms with Gasteiger partial charge in [0.05, 0.1) is 17.3 Å². The maximum Gasteiger partial charge on any atom is 0.325 e. The third-order valence-corrected chi connectivity index (χ3v) is 4.80. The van der Waals surface area contributed by atoms with Crippen LogP contribution in [0.2, 0.25) is 0 Å². The standard InChI is InChI=1S/C16H13BrN2O4S/c1-9-3-4-10-12(7-9)24-16(19(10)8-14(20)22-2)18-15(21)11-5-6-13(17)23-11/h3-7H,8H2,1-2H3. The number of halogens is 1. The average molecular weight is 409 g/mol. The Kier molecular flexibility index (Phi) is 4.68. The highest BCUT2D eigenvalue weighted by atomic mass is 79.9. The third kappa shape index (κ3) is 3.34. The van der Waals surface area contributed by atoms with Crippen molar-refractivity contribution in [2.45, 2.75) is 13.5 Å². The van der Waals surface area contributed by atoms with Gasteiger partial charge in [-0.15, -0.1) is 0 Å². The minimum absolute atomic E-state index is 0.0203. The van der Waals surface area contributed by atoms with E-state index in [0.717, 1.165) is 15.8 Å². The largest absolute Gasteiger partial charge is 0.468 e. The van der Waals surface area contributed by atoms with Gasteiger partial charge in [-0.3, -0.25) is 9.59 Å². The number of methoxy groups -OCH3 is 1. The Labute approximate surface area is 149 Å². The second-order valence-corrected chi connectivity index (χ2v) is 6.83. The fraction of sp³-hybridized carbons (Fsp3) is 0.188. The molecule has 0 aliphatic carbocycles. The van der Waals surface area contributed by atoms with Gasteiger partial charge in [-0.25, -0.2) is 0 Å². The van der Waals surface area contributed by atoms with Crippen molar-refractivity contribution in [1.82, 2.24) is 4.57 Å². The Hall–Kier alpha value is -2.19. The first kappa shape index (κ1) is 16.7. The van der Waals surface area contributed by atoms with Gasteiger partial charge in [0.1, 0.15) is 6.54 Å². The molecule has 0 atom stereocenters. The zero-order valence-corrected chi connectivity index (χ0v) is 15.3. The monoisotopic (exact) mass is 408 g/mol. The molecule has 0 unspecified atom stereocenters. The number of rotatable bonds is 3. The molecule has 0 saturated heterocycles. The molecular weight excluding hydrogens is 396 g/mol. The third-order valence-electron chi connectivity index (χ3n) is 3.33. The van der Waals surface area contributed by atoms with E-state index in [1.807, 2.05) is 25.1 Å². The van der Waals surface area contributed by atoms with Crippen molar-refractivity contribution in [1.29, 1.82) is 0 Å². The van der Waals surface area contributed by atoms with E-state index in [4.69, 9.17) is 9.15 Å². The van der Waals surface area contributed by atoms with Crippen molar-refractivity contribution >= 4 is 49.4 Å². The lowest BCUT2D eigenvalue weighted by Gasteiger charge is -2.03. The first-order valence-corrected chi connectivity index (χ1v) is 8.60. The summed E-state index contributed by atoms with van der Waals surface area (Å²) in [5.74, 6) is -0.798. The van der Waals surface area contributed by atoms with Crippen LogP contribution < -0.4 is 4.80 Å². The van der Waals surface area contributed by atoms with Gasteiger partial charge in [0.2, 0.25) is 0 Å². The number of thiazole rings is 1. The highest BCUT2D eigenvalue weighted by Gasteiger charge is 2.14. The number of hydrogen-bond donors (Lipinski definition) is 0. The molecule has 0 N–H and O–H groups in total. The molecule has 0 saturated carbocycles. The number of amides is 1. The van der Waals surface area contributed by atoms with Crippen LogP contribution in [0.5, 0.6) is 0 Å². The molecule has 3 rings (SSSR count). The number of nitrogens with zero attached hydrogens (tertiary/aromatic N) is 2. The first-order valence-electron chi connectivity index (χ1n) is 6.99. The Morgan fingerprint density at radius 3 is 2.79 bits per heavy atom. The lowest BCUT2D eigenvalue weighted by molar-refractivity contribution is -0.141. The molecule has 0 fully saturated rings. The topological polar surface area (TPSA) is 73.8 Å². The van der Waals surface area contributed by atoms with Crippen molar-refractivity contribution in [3.8, 4) is 0 Å². The molecule has 0 aliphatic rings. The number of aromatic nitrogens is 1. The van der Waals surface area contributed by atoms with Crippen LogP contribution in [0.15, 0.2) is 44.4 Å². The van der Waals surface area contributed by atoms with E-state index in [1.165, 1.54) is 24.5 Å². The quantitative estimate of drug-likeness (QED) is 0.623. The second-order valence-electron chi connectivity index (χ2n) is 5.04. The number of hydrogen-bond acceptors (Lipinski definition) is 5. The molecule has 0 spiro atoms. The van der Waals surface area contributed by atoms with Crippen LogP contribution in [0.25, 0.3) is 10.2 Å². The maximum atomic E-state index is 12.3. The molecule has 2 heterocycles. The highest BCUT2D eigenvalue weighted by molar-refractivity contribution is 9.10. The van der Waals surface area contributed by atoms with Gasteiger partial charge in [-0.1, -0.05) is 17.4 Å². The molecule has 0 bridgehead atoms. The molecule has 24 heavy (non-hydrogen) atoms. The van der Waals surface area contributed by atoms with Crippen LogP contribution in [0.1, 0.15) is 16.1 Å². The summed E-state index contributed by atoms with van der Waals surface area (Å²) < 4.78 is 13.0. The van der Waals surface area contributed by atoms with Crippen LogP contribution in [0.4, 0.5) is 0 Å². The molecule has 8 heteroatoms. The summed E-state index contributed by atoms with van der Waals surface area (Å²) in [4.78, 5) is 28.5. The van der Waals surface area contributed by atoms with Crippen molar-refractivity contribution in [3.63, 3.8) is 0 Å². The number of fused-ring (bicyclic) bond motifs is 1. The maximum absolute atomic E-state index is 12.3. The second kappa shape index (κ2) is 6.74.